The van der Waals surface area contributed by atoms with Gasteiger partial charge in [-0.1, -0.05) is 0 Å². The van der Waals surface area contributed by atoms with Crippen LogP contribution in [0.25, 0.3) is 0 Å². The summed E-state index contributed by atoms with van der Waals surface area (Å²) in [6, 6.07) is 2.74. The third kappa shape index (κ3) is 2.44. The van der Waals surface area contributed by atoms with E-state index in [1.807, 2.05) is 0 Å². The van der Waals surface area contributed by atoms with Gasteiger partial charge in [-0.05, 0) is 18.2 Å². The quantitative estimate of drug-likeness (QED) is 0.800. The molecule has 1 aromatic rings. The van der Waals surface area contributed by atoms with Crippen LogP contribution in [-0.4, -0.2) is 53.4 Å². The van der Waals surface area contributed by atoms with Gasteiger partial charge in [-0.25, -0.2) is 4.39 Å². The van der Waals surface area contributed by atoms with Gasteiger partial charge < -0.3 is 19.8 Å². The van der Waals surface area contributed by atoms with Crippen LogP contribution in [0, 0.1) is 5.82 Å². The van der Waals surface area contributed by atoms with Gasteiger partial charge in [0.15, 0.2) is 0 Å². The first-order chi connectivity index (χ1) is 8.63. The Bertz CT molecular complexity index is 452. The number of aromatic hydroxyl groups is 1. The Morgan fingerprint density at radius 3 is 3.06 bits per heavy atom. The number of hydrogen-bond donors (Lipinski definition) is 2. The molecule has 1 saturated heterocycles. The first-order valence-corrected chi connectivity index (χ1v) is 5.61. The zero-order valence-corrected chi connectivity index (χ0v) is 9.67. The second-order valence-electron chi connectivity index (χ2n) is 4.07. The lowest BCUT2D eigenvalue weighted by molar-refractivity contribution is -0.0185. The molecule has 1 fully saturated rings. The van der Waals surface area contributed by atoms with E-state index in [4.69, 9.17) is 4.74 Å². The molecule has 0 spiro atoms. The Balaban J connectivity index is 2.26. The molecule has 18 heavy (non-hydrogen) atoms. The molecular weight excluding hydrogens is 241 g/mol. The monoisotopic (exact) mass is 255 g/mol. The standard InChI is InChI=1S/C12H14FNO4/c13-8-1-2-11(16)10(5-8)12(17)14-3-4-18-7-9(14)6-15/h1-2,5,9,15-16H,3-4,6-7H2. The van der Waals surface area contributed by atoms with Gasteiger partial charge in [0.2, 0.25) is 0 Å². The van der Waals surface area contributed by atoms with Crippen molar-refractivity contribution >= 4 is 5.91 Å². The van der Waals surface area contributed by atoms with Gasteiger partial charge in [0.25, 0.3) is 5.91 Å². The summed E-state index contributed by atoms with van der Waals surface area (Å²) in [5, 5.41) is 18.8. The molecule has 0 aromatic heterocycles. The lowest BCUT2D eigenvalue weighted by Gasteiger charge is -2.34. The van der Waals surface area contributed by atoms with Gasteiger partial charge in [0.1, 0.15) is 11.6 Å². The Hall–Kier alpha value is -1.66. The summed E-state index contributed by atoms with van der Waals surface area (Å²) in [5.74, 6) is -1.37. The highest BCUT2D eigenvalue weighted by Crippen LogP contribution is 2.21. The van der Waals surface area contributed by atoms with Crippen LogP contribution in [0.1, 0.15) is 10.4 Å². The second kappa shape index (κ2) is 5.32. The van der Waals surface area contributed by atoms with Crippen LogP contribution in [0.5, 0.6) is 5.75 Å². The van der Waals surface area contributed by atoms with Crippen molar-refractivity contribution in [2.24, 2.45) is 0 Å². The number of morpholine rings is 1. The van der Waals surface area contributed by atoms with Gasteiger partial charge in [-0.15, -0.1) is 0 Å². The van der Waals surface area contributed by atoms with Gasteiger partial charge >= 0.3 is 0 Å². The molecule has 2 N–H and O–H groups in total. The maximum atomic E-state index is 13.1. The van der Waals surface area contributed by atoms with Crippen molar-refractivity contribution in [1.29, 1.82) is 0 Å². The summed E-state index contributed by atoms with van der Waals surface area (Å²) in [6.45, 7) is 0.665. The van der Waals surface area contributed by atoms with Crippen LogP contribution in [0.15, 0.2) is 18.2 Å². The van der Waals surface area contributed by atoms with Crippen molar-refractivity contribution in [3.05, 3.63) is 29.6 Å². The van der Waals surface area contributed by atoms with Crippen LogP contribution in [0.4, 0.5) is 4.39 Å². The summed E-state index contributed by atoms with van der Waals surface area (Å²) in [7, 11) is 0. The summed E-state index contributed by atoms with van der Waals surface area (Å²) in [5.41, 5.74) is -0.102. The molecule has 1 amide bonds. The third-order valence-corrected chi connectivity index (χ3v) is 2.89. The number of halogens is 1. The molecule has 1 aliphatic heterocycles. The number of phenols is 1. The molecule has 0 aliphatic carbocycles. The molecule has 0 bridgehead atoms. The van der Waals surface area contributed by atoms with Crippen LogP contribution >= 0.6 is 0 Å². The molecule has 5 nitrogen and oxygen atoms in total. The van der Waals surface area contributed by atoms with E-state index in [9.17, 15) is 19.4 Å². The number of phenolic OH excluding ortho intramolecular Hbond substituents is 1. The molecular formula is C12H14FNO4. The molecule has 1 unspecified atom stereocenters. The number of rotatable bonds is 2. The topological polar surface area (TPSA) is 70.0 Å². The summed E-state index contributed by atoms with van der Waals surface area (Å²) >= 11 is 0. The molecule has 1 atom stereocenters. The molecule has 2 rings (SSSR count). The molecule has 1 aromatic carbocycles. The zero-order chi connectivity index (χ0) is 13.1. The number of hydrogen-bond acceptors (Lipinski definition) is 4. The fourth-order valence-corrected chi connectivity index (χ4v) is 1.91. The van der Waals surface area contributed by atoms with Crippen molar-refractivity contribution in [1.82, 2.24) is 4.90 Å². The molecule has 1 aliphatic rings. The minimum absolute atomic E-state index is 0.102. The fourth-order valence-electron chi connectivity index (χ4n) is 1.91. The minimum Gasteiger partial charge on any atom is -0.507 e. The largest absolute Gasteiger partial charge is 0.507 e. The average Bonchev–Trinajstić information content (AvgIpc) is 2.40. The predicted molar refractivity (Wildman–Crippen MR) is 60.8 cm³/mol. The van der Waals surface area contributed by atoms with Crippen molar-refractivity contribution in [3.8, 4) is 5.75 Å². The highest BCUT2D eigenvalue weighted by molar-refractivity contribution is 5.97. The van der Waals surface area contributed by atoms with E-state index in [1.54, 1.807) is 0 Å². The van der Waals surface area contributed by atoms with Gasteiger partial charge in [-0.3, -0.25) is 4.79 Å². The van der Waals surface area contributed by atoms with Crippen molar-refractivity contribution in [2.45, 2.75) is 6.04 Å². The van der Waals surface area contributed by atoms with Gasteiger partial charge in [-0.2, -0.15) is 0 Å². The minimum atomic E-state index is -0.593. The van der Waals surface area contributed by atoms with E-state index in [0.29, 0.717) is 13.2 Å². The van der Waals surface area contributed by atoms with E-state index in [0.717, 1.165) is 18.2 Å². The van der Waals surface area contributed by atoms with Gasteiger partial charge in [0, 0.05) is 6.54 Å². The SMILES string of the molecule is O=C(c1cc(F)ccc1O)N1CCOCC1CO. The van der Waals surface area contributed by atoms with Crippen LogP contribution < -0.4 is 0 Å². The number of carbonyl (C=O) groups is 1. The number of nitrogens with zero attached hydrogens (tertiary/aromatic N) is 1. The summed E-state index contributed by atoms with van der Waals surface area (Å²) < 4.78 is 18.3. The Labute approximate surface area is 103 Å². The normalized spacial score (nSPS) is 19.9. The number of ether oxygens (including phenoxy) is 1. The summed E-state index contributed by atoms with van der Waals surface area (Å²) in [4.78, 5) is 13.6. The molecule has 6 heteroatoms. The fraction of sp³-hybridized carbons (Fsp3) is 0.417. The maximum absolute atomic E-state index is 13.1. The van der Waals surface area contributed by atoms with Crippen LogP contribution in [-0.2, 0) is 4.74 Å². The second-order valence-corrected chi connectivity index (χ2v) is 4.07. The van der Waals surface area contributed by atoms with Crippen LogP contribution in [0.2, 0.25) is 0 Å². The molecule has 98 valence electrons. The van der Waals surface area contributed by atoms with Crippen molar-refractivity contribution in [3.63, 3.8) is 0 Å². The first kappa shape index (κ1) is 12.8. The van der Waals surface area contributed by atoms with E-state index < -0.39 is 17.8 Å². The van der Waals surface area contributed by atoms with Crippen LogP contribution in [0.3, 0.4) is 0 Å². The Morgan fingerprint density at radius 1 is 1.56 bits per heavy atom. The van der Waals surface area contributed by atoms with E-state index in [1.165, 1.54) is 4.90 Å². The zero-order valence-electron chi connectivity index (χ0n) is 9.67. The first-order valence-electron chi connectivity index (χ1n) is 5.61. The molecule has 0 radical (unpaired) electrons. The average molecular weight is 255 g/mol. The summed E-state index contributed by atoms with van der Waals surface area (Å²) in [6.07, 6.45) is 0. The lowest BCUT2D eigenvalue weighted by atomic mass is 10.1. The highest BCUT2D eigenvalue weighted by atomic mass is 19.1. The molecule has 0 saturated carbocycles. The number of carbonyl (C=O) groups excluding carboxylic acids is 1. The van der Waals surface area contributed by atoms with E-state index in [-0.39, 0.29) is 24.5 Å². The number of aliphatic hydroxyl groups is 1. The number of benzene rings is 1. The molecule has 1 heterocycles. The van der Waals surface area contributed by atoms with E-state index >= 15 is 0 Å². The van der Waals surface area contributed by atoms with Crippen molar-refractivity contribution < 1.29 is 24.1 Å². The number of amides is 1. The number of aliphatic hydroxyl groups excluding tert-OH is 1. The Morgan fingerprint density at radius 2 is 2.33 bits per heavy atom. The van der Waals surface area contributed by atoms with E-state index in [2.05, 4.69) is 0 Å². The predicted octanol–water partition coefficient (Wildman–Crippen LogP) is 0.365. The maximum Gasteiger partial charge on any atom is 0.258 e. The third-order valence-electron chi connectivity index (χ3n) is 2.89. The lowest BCUT2D eigenvalue weighted by Crippen LogP contribution is -2.50. The van der Waals surface area contributed by atoms with Crippen molar-refractivity contribution in [2.75, 3.05) is 26.4 Å². The Kier molecular flexibility index (Phi) is 3.78. The smallest absolute Gasteiger partial charge is 0.258 e. The van der Waals surface area contributed by atoms with Gasteiger partial charge in [0.05, 0.1) is 31.4 Å². The highest BCUT2D eigenvalue weighted by Gasteiger charge is 2.29.